The van der Waals surface area contributed by atoms with Gasteiger partial charge in [-0.15, -0.1) is 5.10 Å². The molecule has 0 bridgehead atoms. The van der Waals surface area contributed by atoms with Crippen LogP contribution < -0.4 is 10.6 Å². The summed E-state index contributed by atoms with van der Waals surface area (Å²) in [5, 5.41) is 12.8. The van der Waals surface area contributed by atoms with Gasteiger partial charge in [0.2, 0.25) is 5.91 Å². The molecule has 0 aliphatic carbocycles. The largest absolute Gasteiger partial charge is 0.450 e. The molecular formula is C15H19N5O3. The van der Waals surface area contributed by atoms with Gasteiger partial charge in [-0.2, -0.15) is 0 Å². The van der Waals surface area contributed by atoms with Gasteiger partial charge in [0, 0.05) is 5.69 Å². The van der Waals surface area contributed by atoms with Crippen molar-refractivity contribution in [1.29, 1.82) is 0 Å². The first-order chi connectivity index (χ1) is 11.0. The summed E-state index contributed by atoms with van der Waals surface area (Å²) < 4.78 is 6.07. The number of nitrogens with zero attached hydrogens (tertiary/aromatic N) is 3. The van der Waals surface area contributed by atoms with Crippen LogP contribution in [0.3, 0.4) is 0 Å². The number of benzene rings is 1. The number of rotatable bonds is 5. The minimum Gasteiger partial charge on any atom is -0.450 e. The van der Waals surface area contributed by atoms with Gasteiger partial charge in [-0.3, -0.25) is 10.1 Å². The number of hydrogen-bond acceptors (Lipinski definition) is 5. The van der Waals surface area contributed by atoms with Crippen LogP contribution in [0, 0.1) is 13.8 Å². The molecule has 2 amide bonds. The Morgan fingerprint density at radius 1 is 1.26 bits per heavy atom. The zero-order valence-corrected chi connectivity index (χ0v) is 13.3. The number of amides is 2. The van der Waals surface area contributed by atoms with Gasteiger partial charge in [0.1, 0.15) is 6.54 Å². The first-order valence-electron chi connectivity index (χ1n) is 7.19. The molecule has 23 heavy (non-hydrogen) atoms. The molecule has 0 aliphatic rings. The van der Waals surface area contributed by atoms with Crippen LogP contribution in [0.5, 0.6) is 0 Å². The topological polar surface area (TPSA) is 98.1 Å². The quantitative estimate of drug-likeness (QED) is 0.880. The first kappa shape index (κ1) is 16.5. The standard InChI is InChI=1S/C15H19N5O3/c1-4-23-15(22)17-13-8-20(19-18-13)9-14(21)16-12-7-5-6-10(2)11(12)3/h5-8H,4,9H2,1-3H3,(H,16,21)(H,17,22). The van der Waals surface area contributed by atoms with Gasteiger partial charge in [0.25, 0.3) is 0 Å². The van der Waals surface area contributed by atoms with E-state index in [0.717, 1.165) is 16.8 Å². The van der Waals surface area contributed by atoms with Crippen molar-refractivity contribution in [2.75, 3.05) is 17.2 Å². The number of ether oxygens (including phenoxy) is 1. The van der Waals surface area contributed by atoms with Gasteiger partial charge < -0.3 is 10.1 Å². The number of carbonyl (C=O) groups is 2. The molecule has 1 aromatic heterocycles. The Kier molecular flexibility index (Phi) is 5.29. The van der Waals surface area contributed by atoms with Gasteiger partial charge >= 0.3 is 6.09 Å². The fraction of sp³-hybridized carbons (Fsp3) is 0.333. The summed E-state index contributed by atoms with van der Waals surface area (Å²) in [6.07, 6.45) is 0.846. The van der Waals surface area contributed by atoms with E-state index >= 15 is 0 Å². The van der Waals surface area contributed by atoms with Crippen molar-refractivity contribution in [2.45, 2.75) is 27.3 Å². The number of hydrogen-bond donors (Lipinski definition) is 2. The van der Waals surface area contributed by atoms with Gasteiger partial charge in [-0.25, -0.2) is 9.48 Å². The van der Waals surface area contributed by atoms with E-state index in [4.69, 9.17) is 4.74 Å². The Hall–Kier alpha value is -2.90. The summed E-state index contributed by atoms with van der Waals surface area (Å²) in [5.74, 6) is -0.00530. The summed E-state index contributed by atoms with van der Waals surface area (Å²) >= 11 is 0. The predicted octanol–water partition coefficient (Wildman–Crippen LogP) is 2.10. The Morgan fingerprint density at radius 3 is 2.78 bits per heavy atom. The fourth-order valence-electron chi connectivity index (χ4n) is 1.93. The lowest BCUT2D eigenvalue weighted by Crippen LogP contribution is -2.19. The molecule has 0 saturated carbocycles. The van der Waals surface area contributed by atoms with E-state index < -0.39 is 6.09 Å². The molecule has 1 aromatic carbocycles. The zero-order chi connectivity index (χ0) is 16.8. The minimum atomic E-state index is -0.612. The Labute approximate surface area is 133 Å². The second kappa shape index (κ2) is 7.39. The molecule has 2 rings (SSSR count). The predicted molar refractivity (Wildman–Crippen MR) is 85.2 cm³/mol. The third-order valence-corrected chi connectivity index (χ3v) is 3.23. The zero-order valence-electron chi connectivity index (χ0n) is 13.3. The second-order valence-corrected chi connectivity index (χ2v) is 4.94. The first-order valence-corrected chi connectivity index (χ1v) is 7.19. The SMILES string of the molecule is CCOC(=O)Nc1cn(CC(=O)Nc2cccc(C)c2C)nn1. The molecule has 8 heteroatoms. The summed E-state index contributed by atoms with van der Waals surface area (Å²) in [4.78, 5) is 23.3. The highest BCUT2D eigenvalue weighted by atomic mass is 16.5. The van der Waals surface area contributed by atoms with Crippen molar-refractivity contribution in [3.63, 3.8) is 0 Å². The van der Waals surface area contributed by atoms with E-state index in [1.54, 1.807) is 6.92 Å². The lowest BCUT2D eigenvalue weighted by atomic mass is 10.1. The van der Waals surface area contributed by atoms with Crippen molar-refractivity contribution >= 4 is 23.5 Å². The van der Waals surface area contributed by atoms with Crippen molar-refractivity contribution in [1.82, 2.24) is 15.0 Å². The third kappa shape index (κ3) is 4.53. The van der Waals surface area contributed by atoms with Crippen LogP contribution in [-0.4, -0.2) is 33.6 Å². The maximum atomic E-state index is 12.1. The molecule has 0 fully saturated rings. The highest BCUT2D eigenvalue weighted by Gasteiger charge is 2.10. The van der Waals surface area contributed by atoms with E-state index in [2.05, 4.69) is 20.9 Å². The summed E-state index contributed by atoms with van der Waals surface area (Å²) in [6, 6.07) is 5.71. The van der Waals surface area contributed by atoms with Crippen LogP contribution >= 0.6 is 0 Å². The van der Waals surface area contributed by atoms with Gasteiger partial charge in [0.05, 0.1) is 12.8 Å². The molecule has 1 heterocycles. The lowest BCUT2D eigenvalue weighted by Gasteiger charge is -2.10. The molecule has 0 radical (unpaired) electrons. The van der Waals surface area contributed by atoms with Gasteiger partial charge in [-0.05, 0) is 38.0 Å². The van der Waals surface area contributed by atoms with Gasteiger partial charge in [-0.1, -0.05) is 17.3 Å². The van der Waals surface area contributed by atoms with Crippen LogP contribution in [0.15, 0.2) is 24.4 Å². The van der Waals surface area contributed by atoms with Crippen LogP contribution in [-0.2, 0) is 16.1 Å². The molecule has 122 valence electrons. The Morgan fingerprint density at radius 2 is 2.04 bits per heavy atom. The maximum Gasteiger partial charge on any atom is 0.412 e. The summed E-state index contributed by atoms with van der Waals surface area (Å²) in [6.45, 7) is 5.88. The average Bonchev–Trinajstić information content (AvgIpc) is 2.91. The van der Waals surface area contributed by atoms with Crippen LogP contribution in [0.4, 0.5) is 16.3 Å². The van der Waals surface area contributed by atoms with Crippen LogP contribution in [0.1, 0.15) is 18.1 Å². The normalized spacial score (nSPS) is 10.2. The maximum absolute atomic E-state index is 12.1. The molecule has 2 N–H and O–H groups in total. The second-order valence-electron chi connectivity index (χ2n) is 4.94. The molecule has 2 aromatic rings. The lowest BCUT2D eigenvalue weighted by molar-refractivity contribution is -0.116. The Balaban J connectivity index is 1.94. The molecule has 0 unspecified atom stereocenters. The molecule has 0 spiro atoms. The monoisotopic (exact) mass is 317 g/mol. The number of carbonyl (C=O) groups excluding carboxylic acids is 2. The minimum absolute atomic E-state index is 0.00904. The number of aryl methyl sites for hydroxylation is 1. The van der Waals surface area contributed by atoms with E-state index in [-0.39, 0.29) is 24.9 Å². The summed E-state index contributed by atoms with van der Waals surface area (Å²) in [7, 11) is 0. The van der Waals surface area contributed by atoms with Crippen molar-refractivity contribution in [2.24, 2.45) is 0 Å². The molecule has 0 atom stereocenters. The number of nitrogens with one attached hydrogen (secondary N) is 2. The van der Waals surface area contributed by atoms with Crippen molar-refractivity contribution < 1.29 is 14.3 Å². The van der Waals surface area contributed by atoms with Crippen LogP contribution in [0.2, 0.25) is 0 Å². The number of anilines is 2. The highest BCUT2D eigenvalue weighted by molar-refractivity contribution is 5.91. The third-order valence-electron chi connectivity index (χ3n) is 3.23. The average molecular weight is 317 g/mol. The Bertz CT molecular complexity index is 711. The molecule has 0 saturated heterocycles. The van der Waals surface area contributed by atoms with Gasteiger partial charge in [0.15, 0.2) is 5.82 Å². The smallest absolute Gasteiger partial charge is 0.412 e. The van der Waals surface area contributed by atoms with E-state index in [1.165, 1.54) is 10.9 Å². The van der Waals surface area contributed by atoms with Crippen molar-refractivity contribution in [3.05, 3.63) is 35.5 Å². The molecular weight excluding hydrogens is 298 g/mol. The summed E-state index contributed by atoms with van der Waals surface area (Å²) in [5.41, 5.74) is 2.88. The van der Waals surface area contributed by atoms with Crippen molar-refractivity contribution in [3.8, 4) is 0 Å². The fourth-order valence-corrected chi connectivity index (χ4v) is 1.93. The van der Waals surface area contributed by atoms with E-state index in [1.807, 2.05) is 32.0 Å². The molecule has 0 aliphatic heterocycles. The highest BCUT2D eigenvalue weighted by Crippen LogP contribution is 2.17. The number of aromatic nitrogens is 3. The van der Waals surface area contributed by atoms with Crippen LogP contribution in [0.25, 0.3) is 0 Å². The van der Waals surface area contributed by atoms with E-state index in [9.17, 15) is 9.59 Å². The van der Waals surface area contributed by atoms with E-state index in [0.29, 0.717) is 0 Å². The molecule has 8 nitrogen and oxygen atoms in total.